The van der Waals surface area contributed by atoms with Crippen molar-refractivity contribution in [1.29, 1.82) is 5.41 Å². The molecule has 0 fully saturated rings. The van der Waals surface area contributed by atoms with Crippen LogP contribution in [0.5, 0.6) is 0 Å². The van der Waals surface area contributed by atoms with Gasteiger partial charge in [0.25, 0.3) is 5.56 Å². The predicted octanol–water partition coefficient (Wildman–Crippen LogP) is -0.957. The molecule has 2 heterocycles. The molecular formula is C18H19N7O5. The molecule has 0 saturated carbocycles. The number of aromatic amines is 2. The van der Waals surface area contributed by atoms with Gasteiger partial charge in [0.15, 0.2) is 5.65 Å². The number of amides is 1. The summed E-state index contributed by atoms with van der Waals surface area (Å²) < 4.78 is 5.20. The number of fused-ring (bicyclic) bond motifs is 1. The Balaban J connectivity index is 1.85. The van der Waals surface area contributed by atoms with Gasteiger partial charge in [0.2, 0.25) is 5.91 Å². The summed E-state index contributed by atoms with van der Waals surface area (Å²) in [6.45, 7) is -0.502. The van der Waals surface area contributed by atoms with Crippen molar-refractivity contribution < 1.29 is 14.3 Å². The number of nitrogens with one attached hydrogen (secondary N) is 4. The van der Waals surface area contributed by atoms with Crippen molar-refractivity contribution in [2.45, 2.75) is 13.0 Å². The van der Waals surface area contributed by atoms with E-state index in [1.165, 1.54) is 7.11 Å². The van der Waals surface area contributed by atoms with Crippen LogP contribution in [-0.4, -0.2) is 50.9 Å². The molecule has 0 aliphatic heterocycles. The molecular weight excluding hydrogens is 394 g/mol. The Morgan fingerprint density at radius 1 is 1.23 bits per heavy atom. The molecule has 0 atom stereocenters. The van der Waals surface area contributed by atoms with Crippen LogP contribution in [0.3, 0.4) is 0 Å². The average Bonchev–Trinajstić information content (AvgIpc) is 3.15. The molecule has 0 spiro atoms. The smallest absolute Gasteiger partial charge is 0.330 e. The van der Waals surface area contributed by atoms with Crippen molar-refractivity contribution in [3.05, 3.63) is 50.7 Å². The number of nitrogen functional groups attached to an aromatic ring is 1. The SMILES string of the molecule is COC(=O)CCNC(=O)Cn1c(=O)[nH]c2nc(-c3ccc(C(=N)N)cc3)[nH]c2c1=O. The van der Waals surface area contributed by atoms with Gasteiger partial charge < -0.3 is 20.8 Å². The van der Waals surface area contributed by atoms with Crippen LogP contribution >= 0.6 is 0 Å². The quantitative estimate of drug-likeness (QED) is 0.187. The maximum Gasteiger partial charge on any atom is 0.330 e. The zero-order valence-corrected chi connectivity index (χ0v) is 15.9. The summed E-state index contributed by atoms with van der Waals surface area (Å²) >= 11 is 0. The van der Waals surface area contributed by atoms with E-state index in [0.29, 0.717) is 17.0 Å². The Morgan fingerprint density at radius 2 is 1.93 bits per heavy atom. The van der Waals surface area contributed by atoms with E-state index in [9.17, 15) is 19.2 Å². The van der Waals surface area contributed by atoms with Gasteiger partial charge in [-0.05, 0) is 0 Å². The highest BCUT2D eigenvalue weighted by Crippen LogP contribution is 2.18. The average molecular weight is 413 g/mol. The number of esters is 1. The zero-order valence-electron chi connectivity index (χ0n) is 15.9. The summed E-state index contributed by atoms with van der Waals surface area (Å²) in [6, 6.07) is 6.59. The van der Waals surface area contributed by atoms with Crippen LogP contribution in [0.4, 0.5) is 0 Å². The first kappa shape index (κ1) is 20.5. The van der Waals surface area contributed by atoms with Gasteiger partial charge in [-0.1, -0.05) is 24.3 Å². The van der Waals surface area contributed by atoms with E-state index in [2.05, 4.69) is 25.0 Å². The first-order valence-electron chi connectivity index (χ1n) is 8.81. The van der Waals surface area contributed by atoms with Crippen molar-refractivity contribution >= 4 is 28.9 Å². The monoisotopic (exact) mass is 413 g/mol. The highest BCUT2D eigenvalue weighted by atomic mass is 16.5. The molecule has 3 rings (SSSR count). The highest BCUT2D eigenvalue weighted by Gasteiger charge is 2.15. The molecule has 0 bridgehead atoms. The molecule has 30 heavy (non-hydrogen) atoms. The molecule has 156 valence electrons. The number of aromatic nitrogens is 4. The number of benzene rings is 1. The Bertz CT molecular complexity index is 1240. The van der Waals surface area contributed by atoms with Gasteiger partial charge in [-0.3, -0.25) is 24.8 Å². The molecule has 1 amide bonds. The summed E-state index contributed by atoms with van der Waals surface area (Å²) in [5.74, 6) is -0.852. The molecule has 2 aromatic heterocycles. The maximum absolute atomic E-state index is 12.7. The van der Waals surface area contributed by atoms with E-state index in [-0.39, 0.29) is 30.0 Å². The second-order valence-corrected chi connectivity index (χ2v) is 6.30. The van der Waals surface area contributed by atoms with E-state index in [4.69, 9.17) is 11.1 Å². The van der Waals surface area contributed by atoms with Crippen molar-refractivity contribution in [2.75, 3.05) is 13.7 Å². The highest BCUT2D eigenvalue weighted by molar-refractivity contribution is 5.95. The van der Waals surface area contributed by atoms with Gasteiger partial charge in [-0.15, -0.1) is 0 Å². The van der Waals surface area contributed by atoms with Crippen LogP contribution in [0.25, 0.3) is 22.6 Å². The minimum absolute atomic E-state index is 0.0187. The van der Waals surface area contributed by atoms with Crippen molar-refractivity contribution in [1.82, 2.24) is 24.8 Å². The number of carbonyl (C=O) groups excluding carboxylic acids is 2. The van der Waals surface area contributed by atoms with Gasteiger partial charge in [0.1, 0.15) is 23.7 Å². The minimum atomic E-state index is -0.791. The second-order valence-electron chi connectivity index (χ2n) is 6.30. The zero-order chi connectivity index (χ0) is 21.8. The Morgan fingerprint density at radius 3 is 2.57 bits per heavy atom. The molecule has 3 aromatic rings. The minimum Gasteiger partial charge on any atom is -0.469 e. The first-order valence-corrected chi connectivity index (χ1v) is 8.81. The van der Waals surface area contributed by atoms with Crippen LogP contribution in [0.2, 0.25) is 0 Å². The van der Waals surface area contributed by atoms with Gasteiger partial charge in [-0.2, -0.15) is 0 Å². The number of ether oxygens (including phenoxy) is 1. The molecule has 12 nitrogen and oxygen atoms in total. The molecule has 0 saturated heterocycles. The Kier molecular flexibility index (Phi) is 5.76. The van der Waals surface area contributed by atoms with Gasteiger partial charge in [-0.25, -0.2) is 14.3 Å². The topological polar surface area (TPSA) is 189 Å². The normalized spacial score (nSPS) is 10.7. The van der Waals surface area contributed by atoms with Gasteiger partial charge in [0, 0.05) is 17.7 Å². The van der Waals surface area contributed by atoms with E-state index in [1.807, 2.05) is 0 Å². The van der Waals surface area contributed by atoms with E-state index < -0.39 is 29.7 Å². The van der Waals surface area contributed by atoms with Crippen LogP contribution in [0.15, 0.2) is 33.9 Å². The molecule has 6 N–H and O–H groups in total. The summed E-state index contributed by atoms with van der Waals surface area (Å²) in [5.41, 5.74) is 5.16. The maximum atomic E-state index is 12.7. The third-order valence-electron chi connectivity index (χ3n) is 4.28. The van der Waals surface area contributed by atoms with Crippen LogP contribution in [0.1, 0.15) is 12.0 Å². The second kappa shape index (κ2) is 8.43. The van der Waals surface area contributed by atoms with Crippen LogP contribution in [-0.2, 0) is 20.9 Å². The Labute approximate surface area is 168 Å². The first-order chi connectivity index (χ1) is 14.3. The number of nitrogens with two attached hydrogens (primary N) is 1. The lowest BCUT2D eigenvalue weighted by atomic mass is 10.1. The number of H-pyrrole nitrogens is 2. The van der Waals surface area contributed by atoms with E-state index in [1.54, 1.807) is 24.3 Å². The largest absolute Gasteiger partial charge is 0.469 e. The predicted molar refractivity (Wildman–Crippen MR) is 107 cm³/mol. The number of rotatable bonds is 7. The van der Waals surface area contributed by atoms with E-state index in [0.717, 1.165) is 4.57 Å². The van der Waals surface area contributed by atoms with Gasteiger partial charge >= 0.3 is 11.7 Å². The summed E-state index contributed by atoms with van der Waals surface area (Å²) in [6.07, 6.45) is -0.0289. The molecule has 0 aliphatic rings. The fourth-order valence-electron chi connectivity index (χ4n) is 2.71. The lowest BCUT2D eigenvalue weighted by Gasteiger charge is -2.06. The third kappa shape index (κ3) is 4.27. The standard InChI is InChI=1S/C18H19N7O5/c1-30-12(27)6-7-21-11(26)8-25-17(28)13-16(24-18(25)29)23-15(22-13)10-4-2-9(3-5-10)14(19)20/h2-5H,6-8H2,1H3,(H3,19,20)(H,21,26)(H,22,23)(H,24,29). The number of amidine groups is 1. The lowest BCUT2D eigenvalue weighted by molar-refractivity contribution is -0.140. The van der Waals surface area contributed by atoms with E-state index >= 15 is 0 Å². The van der Waals surface area contributed by atoms with Crippen molar-refractivity contribution in [2.24, 2.45) is 5.73 Å². The molecule has 0 unspecified atom stereocenters. The molecule has 1 aromatic carbocycles. The number of methoxy groups -OCH3 is 1. The van der Waals surface area contributed by atoms with Crippen molar-refractivity contribution in [3.8, 4) is 11.4 Å². The molecule has 12 heteroatoms. The Hall–Kier alpha value is -4.22. The summed E-state index contributed by atoms with van der Waals surface area (Å²) in [7, 11) is 1.23. The van der Waals surface area contributed by atoms with Gasteiger partial charge in [0.05, 0.1) is 13.5 Å². The van der Waals surface area contributed by atoms with Crippen LogP contribution < -0.4 is 22.3 Å². The third-order valence-corrected chi connectivity index (χ3v) is 4.28. The molecule has 0 aliphatic carbocycles. The number of imidazole rings is 1. The molecule has 0 radical (unpaired) electrons. The number of hydrogen-bond donors (Lipinski definition) is 5. The fourth-order valence-corrected chi connectivity index (χ4v) is 2.71. The summed E-state index contributed by atoms with van der Waals surface area (Å²) in [5, 5.41) is 9.86. The summed E-state index contributed by atoms with van der Waals surface area (Å²) in [4.78, 5) is 57.5. The fraction of sp³-hybridized carbons (Fsp3) is 0.222. The lowest BCUT2D eigenvalue weighted by Crippen LogP contribution is -2.41. The van der Waals surface area contributed by atoms with Crippen LogP contribution in [0, 0.1) is 5.41 Å². The number of carbonyl (C=O) groups is 2. The number of hydrogen-bond acceptors (Lipinski definition) is 7. The van der Waals surface area contributed by atoms with Crippen molar-refractivity contribution in [3.63, 3.8) is 0 Å². The number of nitrogens with zero attached hydrogens (tertiary/aromatic N) is 2.